The normalized spacial score (nSPS) is 11.1. The van der Waals surface area contributed by atoms with Crippen molar-refractivity contribution in [3.05, 3.63) is 65.2 Å². The van der Waals surface area contributed by atoms with Gasteiger partial charge in [0.2, 0.25) is 0 Å². The first-order valence-corrected chi connectivity index (χ1v) is 9.96. The fourth-order valence-electron chi connectivity index (χ4n) is 2.90. The number of carboxylic acid groups (broad SMARTS) is 2. The van der Waals surface area contributed by atoms with Gasteiger partial charge < -0.3 is 29.9 Å². The van der Waals surface area contributed by atoms with E-state index in [1.54, 1.807) is 12.1 Å². The number of nitrogens with one attached hydrogen (secondary N) is 1. The molecule has 0 bridgehead atoms. The van der Waals surface area contributed by atoms with Gasteiger partial charge in [0.1, 0.15) is 24.7 Å². The van der Waals surface area contributed by atoms with Crippen LogP contribution in [0.1, 0.15) is 16.7 Å². The van der Waals surface area contributed by atoms with E-state index >= 15 is 0 Å². The Morgan fingerprint density at radius 2 is 1.44 bits per heavy atom. The van der Waals surface area contributed by atoms with E-state index in [2.05, 4.69) is 5.32 Å². The SMILES string of the molecule is CNCc1ccc(/C=C/C(=O)O)cc1OCCOc1cc(/C=C/C(=O)O)ccc1N(C)C. The van der Waals surface area contributed by atoms with Gasteiger partial charge in [-0.2, -0.15) is 0 Å². The minimum absolute atomic E-state index is 0.265. The first-order valence-electron chi connectivity index (χ1n) is 9.96. The highest BCUT2D eigenvalue weighted by molar-refractivity contribution is 5.86. The van der Waals surface area contributed by atoms with Crippen LogP contribution in [0.5, 0.6) is 11.5 Å². The molecule has 2 rings (SSSR count). The van der Waals surface area contributed by atoms with E-state index in [-0.39, 0.29) is 13.2 Å². The molecule has 0 unspecified atom stereocenters. The van der Waals surface area contributed by atoms with Gasteiger partial charge in [-0.3, -0.25) is 0 Å². The van der Waals surface area contributed by atoms with Crippen molar-refractivity contribution >= 4 is 29.8 Å². The maximum absolute atomic E-state index is 10.8. The molecule has 8 heteroatoms. The van der Waals surface area contributed by atoms with E-state index in [1.807, 2.05) is 50.3 Å². The second-order valence-corrected chi connectivity index (χ2v) is 7.06. The molecule has 170 valence electrons. The van der Waals surface area contributed by atoms with Gasteiger partial charge in [0, 0.05) is 38.4 Å². The van der Waals surface area contributed by atoms with E-state index < -0.39 is 11.9 Å². The molecular formula is C24H28N2O6. The number of nitrogens with zero attached hydrogens (tertiary/aromatic N) is 1. The third-order valence-corrected chi connectivity index (χ3v) is 4.36. The molecule has 3 N–H and O–H groups in total. The van der Waals surface area contributed by atoms with Crippen molar-refractivity contribution in [2.45, 2.75) is 6.54 Å². The third-order valence-electron chi connectivity index (χ3n) is 4.36. The quantitative estimate of drug-likeness (QED) is 0.341. The molecule has 0 radical (unpaired) electrons. The summed E-state index contributed by atoms with van der Waals surface area (Å²) in [5.74, 6) is -0.783. The Labute approximate surface area is 187 Å². The molecular weight excluding hydrogens is 412 g/mol. The molecule has 0 aliphatic heterocycles. The van der Waals surface area contributed by atoms with Crippen LogP contribution >= 0.6 is 0 Å². The summed E-state index contributed by atoms with van der Waals surface area (Å²) in [4.78, 5) is 23.4. The van der Waals surface area contributed by atoms with Gasteiger partial charge in [0.05, 0.1) is 5.69 Å². The number of anilines is 1. The van der Waals surface area contributed by atoms with Gasteiger partial charge in [-0.25, -0.2) is 9.59 Å². The van der Waals surface area contributed by atoms with Crippen molar-refractivity contribution in [3.8, 4) is 11.5 Å². The maximum Gasteiger partial charge on any atom is 0.328 e. The molecule has 32 heavy (non-hydrogen) atoms. The van der Waals surface area contributed by atoms with Crippen molar-refractivity contribution in [1.82, 2.24) is 5.32 Å². The van der Waals surface area contributed by atoms with Crippen LogP contribution < -0.4 is 19.7 Å². The molecule has 8 nitrogen and oxygen atoms in total. The monoisotopic (exact) mass is 440 g/mol. The zero-order valence-corrected chi connectivity index (χ0v) is 18.4. The van der Waals surface area contributed by atoms with Crippen molar-refractivity contribution in [2.75, 3.05) is 39.3 Å². The van der Waals surface area contributed by atoms with E-state index in [0.717, 1.165) is 29.0 Å². The van der Waals surface area contributed by atoms with Crippen molar-refractivity contribution < 1.29 is 29.3 Å². The van der Waals surface area contributed by atoms with E-state index in [4.69, 9.17) is 19.7 Å². The minimum Gasteiger partial charge on any atom is -0.490 e. The van der Waals surface area contributed by atoms with Crippen molar-refractivity contribution in [1.29, 1.82) is 0 Å². The summed E-state index contributed by atoms with van der Waals surface area (Å²) in [5, 5.41) is 20.7. The van der Waals surface area contributed by atoms with E-state index in [0.29, 0.717) is 23.6 Å². The molecule has 2 aromatic carbocycles. The number of hydrogen-bond acceptors (Lipinski definition) is 6. The Balaban J connectivity index is 2.10. The molecule has 2 aromatic rings. The standard InChI is InChI=1S/C24H28N2O6/c1-25-16-19-8-4-17(6-10-23(27)28)14-21(19)31-12-13-32-22-15-18(7-11-24(29)30)5-9-20(22)26(2)3/h4-11,14-15,25H,12-13,16H2,1-3H3,(H,27,28)(H,29,30)/b10-6+,11-7+. The summed E-state index contributed by atoms with van der Waals surface area (Å²) in [6.45, 7) is 1.13. The summed E-state index contributed by atoms with van der Waals surface area (Å²) < 4.78 is 11.8. The fraction of sp³-hybridized carbons (Fsp3) is 0.250. The lowest BCUT2D eigenvalue weighted by molar-refractivity contribution is -0.132. The molecule has 0 spiro atoms. The van der Waals surface area contributed by atoms with Crippen LogP contribution in [0.4, 0.5) is 5.69 Å². The van der Waals surface area contributed by atoms with Crippen LogP contribution in [-0.2, 0) is 16.1 Å². The van der Waals surface area contributed by atoms with Crippen LogP contribution in [0.25, 0.3) is 12.2 Å². The Bertz CT molecular complexity index is 998. The first kappa shape index (κ1) is 24.5. The van der Waals surface area contributed by atoms with Crippen LogP contribution in [0, 0.1) is 0 Å². The third kappa shape index (κ3) is 7.81. The van der Waals surface area contributed by atoms with Gasteiger partial charge in [-0.1, -0.05) is 18.2 Å². The molecule has 0 heterocycles. The second kappa shape index (κ2) is 12.2. The predicted octanol–water partition coefficient (Wildman–Crippen LogP) is 3.13. The second-order valence-electron chi connectivity index (χ2n) is 7.06. The van der Waals surface area contributed by atoms with E-state index in [1.165, 1.54) is 12.2 Å². The number of rotatable bonds is 12. The summed E-state index contributed by atoms with van der Waals surface area (Å²) in [5.41, 5.74) is 3.23. The number of aliphatic carboxylic acids is 2. The topological polar surface area (TPSA) is 108 Å². The highest BCUT2D eigenvalue weighted by Crippen LogP contribution is 2.29. The maximum atomic E-state index is 10.8. The molecule has 0 saturated heterocycles. The summed E-state index contributed by atoms with van der Waals surface area (Å²) in [6.07, 6.45) is 5.17. The highest BCUT2D eigenvalue weighted by atomic mass is 16.5. The van der Waals surface area contributed by atoms with Crippen LogP contribution in [-0.4, -0.2) is 56.5 Å². The van der Waals surface area contributed by atoms with Gasteiger partial charge in [0.25, 0.3) is 0 Å². The lowest BCUT2D eigenvalue weighted by atomic mass is 10.1. The molecule has 0 atom stereocenters. The van der Waals surface area contributed by atoms with Crippen LogP contribution in [0.3, 0.4) is 0 Å². The van der Waals surface area contributed by atoms with Crippen molar-refractivity contribution in [2.24, 2.45) is 0 Å². The van der Waals surface area contributed by atoms with Gasteiger partial charge in [-0.05, 0) is 48.5 Å². The number of carboxylic acids is 2. The van der Waals surface area contributed by atoms with Gasteiger partial charge in [-0.15, -0.1) is 0 Å². The fourth-order valence-corrected chi connectivity index (χ4v) is 2.90. The summed E-state index contributed by atoms with van der Waals surface area (Å²) in [7, 11) is 5.62. The molecule has 0 saturated carbocycles. The van der Waals surface area contributed by atoms with Gasteiger partial charge >= 0.3 is 11.9 Å². The van der Waals surface area contributed by atoms with Crippen LogP contribution in [0.15, 0.2) is 48.6 Å². The smallest absolute Gasteiger partial charge is 0.328 e. The molecule has 0 amide bonds. The first-order chi connectivity index (χ1) is 15.3. The lowest BCUT2D eigenvalue weighted by Gasteiger charge is -2.19. The molecule has 0 aromatic heterocycles. The Morgan fingerprint density at radius 1 is 0.906 bits per heavy atom. The number of carbonyl (C=O) groups is 2. The molecule has 0 aliphatic carbocycles. The average Bonchev–Trinajstić information content (AvgIpc) is 2.75. The zero-order chi connectivity index (χ0) is 23.5. The van der Waals surface area contributed by atoms with Crippen LogP contribution in [0.2, 0.25) is 0 Å². The molecule has 0 fully saturated rings. The minimum atomic E-state index is -1.02. The van der Waals surface area contributed by atoms with E-state index in [9.17, 15) is 9.59 Å². The summed E-state index contributed by atoms with van der Waals surface area (Å²) in [6, 6.07) is 11.0. The van der Waals surface area contributed by atoms with Crippen molar-refractivity contribution in [3.63, 3.8) is 0 Å². The predicted molar refractivity (Wildman–Crippen MR) is 124 cm³/mol. The average molecular weight is 440 g/mol. The lowest BCUT2D eigenvalue weighted by Crippen LogP contribution is -2.15. The number of benzene rings is 2. The highest BCUT2D eigenvalue weighted by Gasteiger charge is 2.09. The largest absolute Gasteiger partial charge is 0.490 e. The molecule has 0 aliphatic rings. The Kier molecular flexibility index (Phi) is 9.31. The summed E-state index contributed by atoms with van der Waals surface area (Å²) >= 11 is 0. The number of ether oxygens (including phenoxy) is 2. The van der Waals surface area contributed by atoms with Gasteiger partial charge in [0.15, 0.2) is 0 Å². The Morgan fingerprint density at radius 3 is 1.97 bits per heavy atom. The zero-order valence-electron chi connectivity index (χ0n) is 18.4. The Hall–Kier alpha value is -3.78. The number of hydrogen-bond donors (Lipinski definition) is 3.